The number of anilines is 2. The van der Waals surface area contributed by atoms with Gasteiger partial charge in [-0.25, -0.2) is 4.79 Å². The number of aryl methyl sites for hydroxylation is 1. The van der Waals surface area contributed by atoms with E-state index in [0.29, 0.717) is 40.6 Å². The van der Waals surface area contributed by atoms with Crippen LogP contribution in [0.4, 0.5) is 29.3 Å². The summed E-state index contributed by atoms with van der Waals surface area (Å²) in [6, 6.07) is 8.90. The molecule has 3 aromatic rings. The molecule has 0 fully saturated rings. The number of amides is 2. The van der Waals surface area contributed by atoms with Crippen molar-refractivity contribution in [2.45, 2.75) is 19.5 Å². The summed E-state index contributed by atoms with van der Waals surface area (Å²) in [6.07, 6.45) is -3.86. The van der Waals surface area contributed by atoms with E-state index in [0.717, 1.165) is 12.1 Å². The molecule has 2 heterocycles. The highest BCUT2D eigenvalue weighted by molar-refractivity contribution is 6.02. The Balaban J connectivity index is 1.54. The number of H-pyrrole nitrogens is 1. The number of aromatic nitrogens is 2. The monoisotopic (exact) mass is 418 g/mol. The van der Waals surface area contributed by atoms with E-state index in [1.165, 1.54) is 12.1 Å². The highest BCUT2D eigenvalue weighted by Crippen LogP contribution is 2.38. The van der Waals surface area contributed by atoms with Gasteiger partial charge < -0.3 is 20.1 Å². The maximum Gasteiger partial charge on any atom is 0.416 e. The zero-order chi connectivity index (χ0) is 21.3. The predicted molar refractivity (Wildman–Crippen MR) is 104 cm³/mol. The van der Waals surface area contributed by atoms with Crippen LogP contribution in [0.5, 0.6) is 11.5 Å². The minimum atomic E-state index is -4.44. The molecular weight excluding hydrogens is 401 g/mol. The molecule has 0 atom stereocenters. The third-order valence-electron chi connectivity index (χ3n) is 4.55. The summed E-state index contributed by atoms with van der Waals surface area (Å²) in [5, 5.41) is 12.4. The van der Waals surface area contributed by atoms with Gasteiger partial charge >= 0.3 is 12.2 Å². The van der Waals surface area contributed by atoms with Gasteiger partial charge in [0.25, 0.3) is 0 Å². The van der Waals surface area contributed by atoms with E-state index in [9.17, 15) is 18.0 Å². The third-order valence-corrected chi connectivity index (χ3v) is 4.55. The summed E-state index contributed by atoms with van der Waals surface area (Å²) < 4.78 is 48.7. The van der Waals surface area contributed by atoms with Gasteiger partial charge in [-0.3, -0.25) is 5.10 Å². The second-order valence-corrected chi connectivity index (χ2v) is 6.50. The Morgan fingerprint density at radius 2 is 1.83 bits per heavy atom. The number of halogens is 3. The van der Waals surface area contributed by atoms with Crippen molar-refractivity contribution < 1.29 is 27.4 Å². The Labute approximate surface area is 169 Å². The van der Waals surface area contributed by atoms with Crippen LogP contribution in [0.2, 0.25) is 0 Å². The predicted octanol–water partition coefficient (Wildman–Crippen LogP) is 5.03. The third kappa shape index (κ3) is 3.88. The lowest BCUT2D eigenvalue weighted by molar-refractivity contribution is -0.137. The Hall–Kier alpha value is -3.69. The van der Waals surface area contributed by atoms with Gasteiger partial charge in [-0.15, -0.1) is 0 Å². The first-order valence-electron chi connectivity index (χ1n) is 9.07. The van der Waals surface area contributed by atoms with Crippen molar-refractivity contribution in [1.29, 1.82) is 0 Å². The van der Waals surface area contributed by atoms with E-state index in [-0.39, 0.29) is 12.5 Å². The number of hydrogen-bond donors (Lipinski definition) is 3. The maximum absolute atomic E-state index is 12.7. The lowest BCUT2D eigenvalue weighted by atomic mass is 10.1. The smallest absolute Gasteiger partial charge is 0.416 e. The van der Waals surface area contributed by atoms with Gasteiger partial charge in [0, 0.05) is 11.3 Å². The zero-order valence-electron chi connectivity index (χ0n) is 15.8. The van der Waals surface area contributed by atoms with Gasteiger partial charge in [-0.1, -0.05) is 6.92 Å². The fourth-order valence-corrected chi connectivity index (χ4v) is 3.04. The Morgan fingerprint density at radius 1 is 1.10 bits per heavy atom. The van der Waals surface area contributed by atoms with E-state index in [2.05, 4.69) is 20.8 Å². The van der Waals surface area contributed by atoms with Crippen molar-refractivity contribution in [2.24, 2.45) is 0 Å². The lowest BCUT2D eigenvalue weighted by Gasteiger charge is -2.11. The molecule has 0 radical (unpaired) electrons. The van der Waals surface area contributed by atoms with Crippen molar-refractivity contribution in [3.8, 4) is 22.8 Å². The van der Waals surface area contributed by atoms with Crippen LogP contribution in [0.3, 0.4) is 0 Å². The summed E-state index contributed by atoms with van der Waals surface area (Å²) in [4.78, 5) is 12.5. The van der Waals surface area contributed by atoms with Crippen molar-refractivity contribution in [3.63, 3.8) is 0 Å². The molecule has 2 aromatic carbocycles. The molecule has 0 bridgehead atoms. The van der Waals surface area contributed by atoms with E-state index in [1.54, 1.807) is 18.2 Å². The summed E-state index contributed by atoms with van der Waals surface area (Å²) in [7, 11) is 0. The van der Waals surface area contributed by atoms with Gasteiger partial charge in [-0.2, -0.15) is 18.3 Å². The Morgan fingerprint density at radius 3 is 2.53 bits per heavy atom. The molecule has 1 aliphatic rings. The van der Waals surface area contributed by atoms with E-state index < -0.39 is 17.8 Å². The summed E-state index contributed by atoms with van der Waals surface area (Å²) in [5.74, 6) is 1.20. The average Bonchev–Trinajstić information content (AvgIpc) is 3.33. The first-order valence-corrected chi connectivity index (χ1v) is 9.07. The Bertz CT molecular complexity index is 1080. The van der Waals surface area contributed by atoms with E-state index >= 15 is 0 Å². The molecule has 156 valence electrons. The van der Waals surface area contributed by atoms with Crippen LogP contribution in [-0.2, 0) is 12.6 Å². The molecule has 3 N–H and O–H groups in total. The molecule has 1 aliphatic heterocycles. The number of aromatic amines is 1. The summed E-state index contributed by atoms with van der Waals surface area (Å²) in [6.45, 7) is 2.04. The first kappa shape index (κ1) is 19.6. The molecule has 1 aromatic heterocycles. The van der Waals surface area contributed by atoms with Crippen molar-refractivity contribution in [3.05, 3.63) is 53.7 Å². The van der Waals surface area contributed by atoms with Gasteiger partial charge in [0.05, 0.1) is 16.9 Å². The molecular formula is C20H17F3N4O3. The van der Waals surface area contributed by atoms with Gasteiger partial charge in [0.2, 0.25) is 6.79 Å². The summed E-state index contributed by atoms with van der Waals surface area (Å²) >= 11 is 0. The number of alkyl halides is 3. The van der Waals surface area contributed by atoms with Crippen LogP contribution in [0.15, 0.2) is 42.5 Å². The maximum atomic E-state index is 12.7. The number of urea groups is 1. The fourth-order valence-electron chi connectivity index (χ4n) is 3.04. The van der Waals surface area contributed by atoms with Crippen LogP contribution in [-0.4, -0.2) is 23.0 Å². The van der Waals surface area contributed by atoms with Gasteiger partial charge in [-0.05, 0) is 48.9 Å². The molecule has 2 amide bonds. The fraction of sp³-hybridized carbons (Fsp3) is 0.200. The highest BCUT2D eigenvalue weighted by Gasteiger charge is 2.30. The minimum Gasteiger partial charge on any atom is -0.454 e. The molecule has 4 rings (SSSR count). The van der Waals surface area contributed by atoms with Crippen LogP contribution in [0.25, 0.3) is 11.3 Å². The topological polar surface area (TPSA) is 88.3 Å². The number of benzene rings is 2. The number of hydrogen-bond acceptors (Lipinski definition) is 4. The van der Waals surface area contributed by atoms with Crippen molar-refractivity contribution in [1.82, 2.24) is 10.2 Å². The number of carbonyl (C=O) groups is 1. The normalized spacial score (nSPS) is 12.7. The molecule has 0 spiro atoms. The molecule has 7 nitrogen and oxygen atoms in total. The Kier molecular flexibility index (Phi) is 4.98. The number of rotatable bonds is 4. The van der Waals surface area contributed by atoms with Crippen LogP contribution >= 0.6 is 0 Å². The van der Waals surface area contributed by atoms with Crippen molar-refractivity contribution >= 4 is 17.4 Å². The number of ether oxygens (including phenoxy) is 2. The quantitative estimate of drug-likeness (QED) is 0.555. The van der Waals surface area contributed by atoms with Crippen molar-refractivity contribution in [2.75, 3.05) is 17.4 Å². The SMILES string of the molecule is CCc1[nH]nc(-c2ccc3c(c2)OCO3)c1NC(=O)Nc1ccc(C(F)(F)F)cc1. The number of fused-ring (bicyclic) bond motifs is 1. The van der Waals surface area contributed by atoms with Crippen LogP contribution < -0.4 is 20.1 Å². The lowest BCUT2D eigenvalue weighted by Crippen LogP contribution is -2.20. The number of carbonyl (C=O) groups excluding carboxylic acids is 1. The number of nitrogens with one attached hydrogen (secondary N) is 3. The molecule has 0 saturated heterocycles. The second kappa shape index (κ2) is 7.62. The van der Waals surface area contributed by atoms with Crippen LogP contribution in [0.1, 0.15) is 18.2 Å². The van der Waals surface area contributed by atoms with E-state index in [4.69, 9.17) is 9.47 Å². The highest BCUT2D eigenvalue weighted by atomic mass is 19.4. The molecule has 0 aliphatic carbocycles. The average molecular weight is 418 g/mol. The number of nitrogens with zero attached hydrogens (tertiary/aromatic N) is 1. The summed E-state index contributed by atoms with van der Waals surface area (Å²) in [5.41, 5.74) is 1.83. The standard InChI is InChI=1S/C20H17F3N4O3/c1-2-14-18(17(27-26-14)11-3-8-15-16(9-11)30-10-29-15)25-19(28)24-13-6-4-12(5-7-13)20(21,22)23/h3-9H,2,10H2,1H3,(H,26,27)(H2,24,25,28). The second-order valence-electron chi connectivity index (χ2n) is 6.50. The molecule has 0 unspecified atom stereocenters. The molecule has 10 heteroatoms. The minimum absolute atomic E-state index is 0.139. The first-order chi connectivity index (χ1) is 14.3. The molecule has 0 saturated carbocycles. The molecule has 30 heavy (non-hydrogen) atoms. The van der Waals surface area contributed by atoms with Gasteiger partial charge in [0.15, 0.2) is 11.5 Å². The zero-order valence-corrected chi connectivity index (χ0v) is 15.8. The van der Waals surface area contributed by atoms with Gasteiger partial charge in [0.1, 0.15) is 5.69 Å². The van der Waals surface area contributed by atoms with Crippen LogP contribution in [0, 0.1) is 0 Å². The van der Waals surface area contributed by atoms with E-state index in [1.807, 2.05) is 6.92 Å². The largest absolute Gasteiger partial charge is 0.454 e.